The van der Waals surface area contributed by atoms with Gasteiger partial charge in [-0.05, 0) is 31.4 Å². The van der Waals surface area contributed by atoms with Crippen molar-refractivity contribution in [1.29, 1.82) is 0 Å². The highest BCUT2D eigenvalue weighted by Gasteiger charge is 2.16. The number of carbonyl (C=O) groups is 1. The van der Waals surface area contributed by atoms with Gasteiger partial charge in [0, 0.05) is 23.9 Å². The maximum Gasteiger partial charge on any atom is 0.274 e. The molecule has 140 valence electrons. The number of hydrogen-bond acceptors (Lipinski definition) is 7. The number of aromatic nitrogens is 3. The van der Waals surface area contributed by atoms with E-state index < -0.39 is 4.92 Å². The molecule has 0 aliphatic rings. The molecule has 3 rings (SSSR count). The van der Waals surface area contributed by atoms with Crippen LogP contribution in [0.4, 0.5) is 11.4 Å². The average Bonchev–Trinajstić information content (AvgIpc) is 3.30. The van der Waals surface area contributed by atoms with E-state index in [-0.39, 0.29) is 17.3 Å². The molecule has 0 unspecified atom stereocenters. The smallest absolute Gasteiger partial charge is 0.274 e. The third kappa shape index (κ3) is 4.34. The highest BCUT2D eigenvalue weighted by Crippen LogP contribution is 2.27. The molecule has 8 nitrogen and oxygen atoms in total. The molecule has 0 saturated heterocycles. The molecule has 0 saturated carbocycles. The molecule has 2 aromatic heterocycles. The summed E-state index contributed by atoms with van der Waals surface area (Å²) in [6.07, 6.45) is 0. The van der Waals surface area contributed by atoms with Crippen molar-refractivity contribution in [3.05, 3.63) is 51.4 Å². The first-order valence-corrected chi connectivity index (χ1v) is 10.0. The van der Waals surface area contributed by atoms with E-state index in [4.69, 9.17) is 0 Å². The largest absolute Gasteiger partial charge is 0.325 e. The second kappa shape index (κ2) is 8.31. The minimum Gasteiger partial charge on any atom is -0.325 e. The molecule has 3 aromatic rings. The normalized spacial score (nSPS) is 10.7. The number of carbonyl (C=O) groups excluding carboxylic acids is 1. The summed E-state index contributed by atoms with van der Waals surface area (Å²) in [5.41, 5.74) is 0.922. The highest BCUT2D eigenvalue weighted by molar-refractivity contribution is 7.99. The van der Waals surface area contributed by atoms with Crippen LogP contribution in [0.3, 0.4) is 0 Å². The lowest BCUT2D eigenvalue weighted by Gasteiger charge is -2.07. The third-order valence-electron chi connectivity index (χ3n) is 3.80. The quantitative estimate of drug-likeness (QED) is 0.364. The van der Waals surface area contributed by atoms with Crippen LogP contribution in [-0.4, -0.2) is 31.3 Å². The van der Waals surface area contributed by atoms with Crippen LogP contribution in [0.15, 0.2) is 40.9 Å². The topological polar surface area (TPSA) is 103 Å². The Morgan fingerprint density at radius 3 is 2.85 bits per heavy atom. The van der Waals surface area contributed by atoms with Gasteiger partial charge in [0.25, 0.3) is 5.69 Å². The molecule has 1 N–H and O–H groups in total. The summed E-state index contributed by atoms with van der Waals surface area (Å²) in [7, 11) is 0. The van der Waals surface area contributed by atoms with Gasteiger partial charge in [0.15, 0.2) is 11.0 Å². The first-order chi connectivity index (χ1) is 13.0. The predicted octanol–water partition coefficient (Wildman–Crippen LogP) is 3.97. The zero-order chi connectivity index (χ0) is 19.4. The molecule has 0 atom stereocenters. The number of nitro benzene ring substituents is 1. The average molecular weight is 403 g/mol. The second-order valence-electron chi connectivity index (χ2n) is 5.62. The first kappa shape index (κ1) is 19.1. The Kier molecular flexibility index (Phi) is 5.87. The monoisotopic (exact) mass is 403 g/mol. The lowest BCUT2D eigenvalue weighted by atomic mass is 10.2. The zero-order valence-corrected chi connectivity index (χ0v) is 16.3. The van der Waals surface area contributed by atoms with Gasteiger partial charge in [0.1, 0.15) is 0 Å². The van der Waals surface area contributed by atoms with Crippen molar-refractivity contribution in [2.75, 3.05) is 11.1 Å². The van der Waals surface area contributed by atoms with Gasteiger partial charge in [0.05, 0.1) is 15.6 Å². The van der Waals surface area contributed by atoms with E-state index in [0.29, 0.717) is 23.0 Å². The van der Waals surface area contributed by atoms with Crippen LogP contribution in [0.2, 0.25) is 0 Å². The van der Waals surface area contributed by atoms with Gasteiger partial charge in [-0.1, -0.05) is 23.9 Å². The third-order valence-corrected chi connectivity index (χ3v) is 5.63. The summed E-state index contributed by atoms with van der Waals surface area (Å²) in [6, 6.07) is 8.56. The Morgan fingerprint density at radius 2 is 2.19 bits per heavy atom. The number of thioether (sulfide) groups is 1. The molecule has 1 amide bonds. The summed E-state index contributed by atoms with van der Waals surface area (Å²) in [4.78, 5) is 23.8. The van der Waals surface area contributed by atoms with Crippen LogP contribution in [0, 0.1) is 17.0 Å². The van der Waals surface area contributed by atoms with E-state index in [1.165, 1.54) is 17.8 Å². The number of aryl methyl sites for hydroxylation is 1. The molecular weight excluding hydrogens is 386 g/mol. The molecule has 0 fully saturated rings. The van der Waals surface area contributed by atoms with Crippen LogP contribution in [0.25, 0.3) is 10.7 Å². The lowest BCUT2D eigenvalue weighted by molar-refractivity contribution is -0.385. The van der Waals surface area contributed by atoms with Gasteiger partial charge < -0.3 is 9.88 Å². The number of anilines is 1. The van der Waals surface area contributed by atoms with Gasteiger partial charge >= 0.3 is 0 Å². The molecule has 27 heavy (non-hydrogen) atoms. The second-order valence-corrected chi connectivity index (χ2v) is 7.51. The first-order valence-electron chi connectivity index (χ1n) is 8.14. The highest BCUT2D eigenvalue weighted by atomic mass is 32.2. The van der Waals surface area contributed by atoms with E-state index in [9.17, 15) is 14.9 Å². The van der Waals surface area contributed by atoms with Gasteiger partial charge in [0.2, 0.25) is 5.91 Å². The van der Waals surface area contributed by atoms with Crippen LogP contribution in [-0.2, 0) is 11.3 Å². The summed E-state index contributed by atoms with van der Waals surface area (Å²) in [5, 5.41) is 24.7. The maximum atomic E-state index is 12.2. The standard InChI is InChI=1S/C17H17N5O3S2/c1-3-21-16(14-5-4-8-26-14)19-20-17(21)27-10-15(23)18-12-7-6-11(2)13(9-12)22(24)25/h4-9H,3,10H2,1-2H3,(H,18,23). The minimum atomic E-state index is -0.463. The number of benzene rings is 1. The van der Waals surface area contributed by atoms with Crippen LogP contribution in [0.5, 0.6) is 0 Å². The Bertz CT molecular complexity index is 969. The number of rotatable bonds is 7. The van der Waals surface area contributed by atoms with Gasteiger partial charge in [-0.25, -0.2) is 0 Å². The molecular formula is C17H17N5O3S2. The Labute approximate surface area is 163 Å². The number of thiophene rings is 1. The van der Waals surface area contributed by atoms with Crippen molar-refractivity contribution in [3.63, 3.8) is 0 Å². The molecule has 1 aromatic carbocycles. The number of amides is 1. The fraction of sp³-hybridized carbons (Fsp3) is 0.235. The summed E-state index contributed by atoms with van der Waals surface area (Å²) < 4.78 is 1.96. The van der Waals surface area contributed by atoms with Crippen LogP contribution < -0.4 is 5.32 Å². The Balaban J connectivity index is 1.66. The van der Waals surface area contributed by atoms with Crippen LogP contribution in [0.1, 0.15) is 12.5 Å². The van der Waals surface area contributed by atoms with Gasteiger partial charge in [-0.15, -0.1) is 21.5 Å². The summed E-state index contributed by atoms with van der Waals surface area (Å²) in [6.45, 7) is 4.34. The summed E-state index contributed by atoms with van der Waals surface area (Å²) in [5.74, 6) is 0.649. The van der Waals surface area contributed by atoms with Gasteiger partial charge in [-0.3, -0.25) is 14.9 Å². The fourth-order valence-electron chi connectivity index (χ4n) is 2.48. The predicted molar refractivity (Wildman–Crippen MR) is 106 cm³/mol. The SMILES string of the molecule is CCn1c(SCC(=O)Nc2ccc(C)c([N+](=O)[O-])c2)nnc1-c1cccs1. The van der Waals surface area contributed by atoms with Crippen molar-refractivity contribution in [2.24, 2.45) is 0 Å². The minimum absolute atomic E-state index is 0.0215. The van der Waals surface area contributed by atoms with Gasteiger partial charge in [-0.2, -0.15) is 0 Å². The van der Waals surface area contributed by atoms with Crippen LogP contribution >= 0.6 is 23.1 Å². The fourth-order valence-corrected chi connectivity index (χ4v) is 4.00. The number of nitrogens with one attached hydrogen (secondary N) is 1. The van der Waals surface area contributed by atoms with Crippen molar-refractivity contribution in [2.45, 2.75) is 25.5 Å². The number of hydrogen-bond donors (Lipinski definition) is 1. The summed E-state index contributed by atoms with van der Waals surface area (Å²) >= 11 is 2.86. The molecule has 0 aliphatic carbocycles. The van der Waals surface area contributed by atoms with E-state index in [2.05, 4.69) is 15.5 Å². The van der Waals surface area contributed by atoms with Crippen molar-refractivity contribution in [1.82, 2.24) is 14.8 Å². The van der Waals surface area contributed by atoms with E-state index in [1.54, 1.807) is 30.4 Å². The molecule has 0 radical (unpaired) electrons. The van der Waals surface area contributed by atoms with Crippen molar-refractivity contribution in [3.8, 4) is 10.7 Å². The van der Waals surface area contributed by atoms with Crippen molar-refractivity contribution < 1.29 is 9.72 Å². The molecule has 0 aliphatic heterocycles. The molecule has 0 bridgehead atoms. The maximum absolute atomic E-state index is 12.2. The molecule has 2 heterocycles. The molecule has 0 spiro atoms. The number of nitro groups is 1. The number of nitrogens with zero attached hydrogens (tertiary/aromatic N) is 4. The molecule has 10 heteroatoms. The van der Waals surface area contributed by atoms with E-state index in [1.807, 2.05) is 29.0 Å². The Morgan fingerprint density at radius 1 is 1.37 bits per heavy atom. The van der Waals surface area contributed by atoms with Crippen molar-refractivity contribution >= 4 is 40.4 Å². The lowest BCUT2D eigenvalue weighted by Crippen LogP contribution is -2.15. The zero-order valence-electron chi connectivity index (χ0n) is 14.7. The Hall–Kier alpha value is -2.72. The van der Waals surface area contributed by atoms with E-state index in [0.717, 1.165) is 10.7 Å². The van der Waals surface area contributed by atoms with E-state index >= 15 is 0 Å².